The number of hydrogen-bond donors (Lipinski definition) is 1. The SMILES string of the molecule is CCN/C=C(\C(=O)OCC)C(=O)c1cc([N+](=O)[O-])cnc1OC. The lowest BCUT2D eigenvalue weighted by atomic mass is 10.0. The number of rotatable bonds is 8. The highest BCUT2D eigenvalue weighted by Crippen LogP contribution is 2.23. The van der Waals surface area contributed by atoms with Crippen LogP contribution in [0.3, 0.4) is 0 Å². The van der Waals surface area contributed by atoms with Crippen LogP contribution in [0, 0.1) is 10.1 Å². The first kappa shape index (κ1) is 18.1. The molecule has 124 valence electrons. The third-order valence-corrected chi connectivity index (χ3v) is 2.68. The fourth-order valence-electron chi connectivity index (χ4n) is 1.64. The molecule has 1 aromatic rings. The average Bonchev–Trinajstić information content (AvgIpc) is 2.54. The molecule has 9 heteroatoms. The van der Waals surface area contributed by atoms with Crippen LogP contribution in [-0.4, -0.2) is 41.9 Å². The van der Waals surface area contributed by atoms with Crippen LogP contribution in [0.1, 0.15) is 24.2 Å². The van der Waals surface area contributed by atoms with E-state index in [0.717, 1.165) is 12.3 Å². The number of nitrogens with zero attached hydrogens (tertiary/aromatic N) is 2. The zero-order valence-corrected chi connectivity index (χ0v) is 13.0. The van der Waals surface area contributed by atoms with Crippen LogP contribution in [0.4, 0.5) is 5.69 Å². The van der Waals surface area contributed by atoms with Gasteiger partial charge < -0.3 is 14.8 Å². The molecule has 0 aliphatic carbocycles. The van der Waals surface area contributed by atoms with E-state index >= 15 is 0 Å². The summed E-state index contributed by atoms with van der Waals surface area (Å²) < 4.78 is 9.77. The Kier molecular flexibility index (Phi) is 6.66. The van der Waals surface area contributed by atoms with Crippen LogP contribution >= 0.6 is 0 Å². The number of ketones is 1. The lowest BCUT2D eigenvalue weighted by Crippen LogP contribution is -2.20. The van der Waals surface area contributed by atoms with Gasteiger partial charge in [-0.15, -0.1) is 0 Å². The van der Waals surface area contributed by atoms with Gasteiger partial charge in [0.25, 0.3) is 5.69 Å². The van der Waals surface area contributed by atoms with Crippen molar-refractivity contribution in [2.75, 3.05) is 20.3 Å². The lowest BCUT2D eigenvalue weighted by molar-refractivity contribution is -0.385. The number of esters is 1. The molecule has 9 nitrogen and oxygen atoms in total. The summed E-state index contributed by atoms with van der Waals surface area (Å²) in [5.74, 6) is -1.74. The van der Waals surface area contributed by atoms with Crippen molar-refractivity contribution in [3.8, 4) is 5.88 Å². The van der Waals surface area contributed by atoms with Crippen LogP contribution in [0.2, 0.25) is 0 Å². The maximum atomic E-state index is 12.6. The summed E-state index contributed by atoms with van der Waals surface area (Å²) in [4.78, 5) is 38.4. The molecule has 0 radical (unpaired) electrons. The Balaban J connectivity index is 3.34. The van der Waals surface area contributed by atoms with Crippen molar-refractivity contribution in [1.29, 1.82) is 0 Å². The summed E-state index contributed by atoms with van der Waals surface area (Å²) in [6.07, 6.45) is 2.17. The molecule has 1 heterocycles. The van der Waals surface area contributed by atoms with Gasteiger partial charge in [-0.1, -0.05) is 0 Å². The van der Waals surface area contributed by atoms with Gasteiger partial charge in [-0.2, -0.15) is 0 Å². The Morgan fingerprint density at radius 2 is 2.13 bits per heavy atom. The van der Waals surface area contributed by atoms with E-state index in [0.29, 0.717) is 6.54 Å². The number of Topliss-reactive ketones (excluding diaryl/α,β-unsaturated/α-hetero) is 1. The van der Waals surface area contributed by atoms with E-state index < -0.39 is 16.7 Å². The summed E-state index contributed by atoms with van der Waals surface area (Å²) in [6.45, 7) is 3.93. The molecule has 0 saturated heterocycles. The van der Waals surface area contributed by atoms with Crippen molar-refractivity contribution in [3.63, 3.8) is 0 Å². The monoisotopic (exact) mass is 323 g/mol. The summed E-state index contributed by atoms with van der Waals surface area (Å²) in [5.41, 5.74) is -0.881. The van der Waals surface area contributed by atoms with E-state index in [1.807, 2.05) is 0 Å². The molecule has 0 amide bonds. The van der Waals surface area contributed by atoms with E-state index in [9.17, 15) is 19.7 Å². The summed E-state index contributed by atoms with van der Waals surface area (Å²) >= 11 is 0. The molecule has 0 atom stereocenters. The second kappa shape index (κ2) is 8.47. The number of carbonyl (C=O) groups is 2. The maximum Gasteiger partial charge on any atom is 0.343 e. The third kappa shape index (κ3) is 4.50. The number of aromatic nitrogens is 1. The topological polar surface area (TPSA) is 121 Å². The summed E-state index contributed by atoms with van der Waals surface area (Å²) in [7, 11) is 1.27. The van der Waals surface area contributed by atoms with E-state index in [4.69, 9.17) is 9.47 Å². The Hall–Kier alpha value is -2.97. The fourth-order valence-corrected chi connectivity index (χ4v) is 1.64. The Morgan fingerprint density at radius 3 is 2.65 bits per heavy atom. The van der Waals surface area contributed by atoms with Crippen LogP contribution in [0.5, 0.6) is 5.88 Å². The fraction of sp³-hybridized carbons (Fsp3) is 0.357. The highest BCUT2D eigenvalue weighted by molar-refractivity contribution is 6.25. The predicted molar refractivity (Wildman–Crippen MR) is 80.2 cm³/mol. The molecule has 0 spiro atoms. The maximum absolute atomic E-state index is 12.6. The van der Waals surface area contributed by atoms with Crippen molar-refractivity contribution in [2.45, 2.75) is 13.8 Å². The van der Waals surface area contributed by atoms with Crippen molar-refractivity contribution in [1.82, 2.24) is 10.3 Å². The first-order valence-electron chi connectivity index (χ1n) is 6.80. The second-order valence-electron chi connectivity index (χ2n) is 4.17. The second-order valence-corrected chi connectivity index (χ2v) is 4.17. The number of nitrogens with one attached hydrogen (secondary N) is 1. The largest absolute Gasteiger partial charge is 0.480 e. The van der Waals surface area contributed by atoms with Gasteiger partial charge in [0, 0.05) is 18.8 Å². The van der Waals surface area contributed by atoms with E-state index in [1.165, 1.54) is 13.3 Å². The molecule has 0 bridgehead atoms. The average molecular weight is 323 g/mol. The first-order valence-corrected chi connectivity index (χ1v) is 6.80. The van der Waals surface area contributed by atoms with Gasteiger partial charge in [-0.3, -0.25) is 14.9 Å². The molecule has 1 N–H and O–H groups in total. The quantitative estimate of drug-likeness (QED) is 0.144. The minimum Gasteiger partial charge on any atom is -0.480 e. The Bertz CT molecular complexity index is 641. The van der Waals surface area contributed by atoms with Crippen molar-refractivity contribution >= 4 is 17.4 Å². The van der Waals surface area contributed by atoms with Crippen molar-refractivity contribution in [2.24, 2.45) is 0 Å². The van der Waals surface area contributed by atoms with E-state index in [1.54, 1.807) is 13.8 Å². The minimum atomic E-state index is -0.841. The van der Waals surface area contributed by atoms with Gasteiger partial charge in [0.05, 0.1) is 24.2 Å². The standard InChI is InChI=1S/C14H17N3O6/c1-4-15-8-11(14(19)23-5-2)12(18)10-6-9(17(20)21)7-16-13(10)22-3/h6-8,15H,4-5H2,1-3H3/b11-8-. The van der Waals surface area contributed by atoms with Crippen LogP contribution in [-0.2, 0) is 9.53 Å². The highest BCUT2D eigenvalue weighted by Gasteiger charge is 2.26. The van der Waals surface area contributed by atoms with Gasteiger partial charge in [0.15, 0.2) is 0 Å². The van der Waals surface area contributed by atoms with Gasteiger partial charge in [0.1, 0.15) is 11.8 Å². The van der Waals surface area contributed by atoms with Crippen LogP contribution in [0.15, 0.2) is 24.0 Å². The molecule has 0 fully saturated rings. The van der Waals surface area contributed by atoms with Gasteiger partial charge in [-0.05, 0) is 13.8 Å². The van der Waals surface area contributed by atoms with Gasteiger partial charge in [0.2, 0.25) is 11.7 Å². The van der Waals surface area contributed by atoms with Crippen molar-refractivity contribution in [3.05, 3.63) is 39.7 Å². The molecule has 0 saturated carbocycles. The highest BCUT2D eigenvalue weighted by atomic mass is 16.6. The minimum absolute atomic E-state index is 0.0832. The number of methoxy groups -OCH3 is 1. The van der Waals surface area contributed by atoms with E-state index in [-0.39, 0.29) is 29.3 Å². The summed E-state index contributed by atoms with van der Waals surface area (Å²) in [5, 5.41) is 13.6. The molecular weight excluding hydrogens is 306 g/mol. The van der Waals surface area contributed by atoms with Crippen molar-refractivity contribution < 1.29 is 24.0 Å². The van der Waals surface area contributed by atoms with Gasteiger partial charge >= 0.3 is 5.97 Å². The smallest absolute Gasteiger partial charge is 0.343 e. The molecule has 0 aliphatic heterocycles. The number of carbonyl (C=O) groups excluding carboxylic acids is 2. The first-order chi connectivity index (χ1) is 11.0. The molecule has 23 heavy (non-hydrogen) atoms. The molecule has 0 aromatic carbocycles. The molecule has 0 aliphatic rings. The number of ether oxygens (including phenoxy) is 2. The lowest BCUT2D eigenvalue weighted by Gasteiger charge is -2.09. The van der Waals surface area contributed by atoms with Crippen LogP contribution < -0.4 is 10.1 Å². The van der Waals surface area contributed by atoms with E-state index in [2.05, 4.69) is 10.3 Å². The Labute approximate surface area is 132 Å². The molecular formula is C14H17N3O6. The normalized spacial score (nSPS) is 10.8. The molecule has 0 unspecified atom stereocenters. The third-order valence-electron chi connectivity index (χ3n) is 2.68. The molecule has 1 aromatic heterocycles. The zero-order valence-electron chi connectivity index (χ0n) is 13.0. The molecule has 1 rings (SSSR count). The number of hydrogen-bond acceptors (Lipinski definition) is 8. The number of pyridine rings is 1. The Morgan fingerprint density at radius 1 is 1.43 bits per heavy atom. The zero-order chi connectivity index (χ0) is 17.4. The van der Waals surface area contributed by atoms with Gasteiger partial charge in [-0.25, -0.2) is 9.78 Å². The van der Waals surface area contributed by atoms with Crippen LogP contribution in [0.25, 0.3) is 0 Å². The number of nitro groups is 1. The predicted octanol–water partition coefficient (Wildman–Crippen LogP) is 1.24. The summed E-state index contributed by atoms with van der Waals surface area (Å²) in [6, 6.07) is 1.01.